The highest BCUT2D eigenvalue weighted by Gasteiger charge is 2.61. The monoisotopic (exact) mass is 414 g/mol. The number of carbonyl (C=O) groups excluding carboxylic acids is 4. The van der Waals surface area contributed by atoms with E-state index in [2.05, 4.69) is 0 Å². The van der Waals surface area contributed by atoms with Gasteiger partial charge in [0.25, 0.3) is 5.91 Å². The van der Waals surface area contributed by atoms with Crippen molar-refractivity contribution >= 4 is 45.0 Å². The molecule has 0 radical (unpaired) electrons. The lowest BCUT2D eigenvalue weighted by Crippen LogP contribution is -2.85. The van der Waals surface area contributed by atoms with E-state index in [1.807, 2.05) is 0 Å². The van der Waals surface area contributed by atoms with Gasteiger partial charge in [-0.15, -0.1) is 0 Å². The Kier molecular flexibility index (Phi) is 6.01. The Morgan fingerprint density at radius 2 is 1.57 bits per heavy atom. The second kappa shape index (κ2) is 8.20. The molecule has 2 N–H and O–H groups in total. The smallest absolute Gasteiger partial charge is 0.371 e. The van der Waals surface area contributed by atoms with Crippen LogP contribution in [0.2, 0.25) is 0 Å². The lowest BCUT2D eigenvalue weighted by molar-refractivity contribution is -0.143. The zero-order chi connectivity index (χ0) is 22.3. The third-order valence-electron chi connectivity index (χ3n) is 5.21. The number of rotatable bonds is 4. The van der Waals surface area contributed by atoms with E-state index in [0.29, 0.717) is 4.97 Å². The normalized spacial score (nSPS) is 23.9. The van der Waals surface area contributed by atoms with Crippen molar-refractivity contribution in [1.29, 1.82) is 0 Å². The summed E-state index contributed by atoms with van der Waals surface area (Å²) in [5.41, 5.74) is 0. The lowest BCUT2D eigenvalue weighted by atomic mass is 9.55. The van der Waals surface area contributed by atoms with Crippen molar-refractivity contribution in [3.05, 3.63) is 36.5 Å². The van der Waals surface area contributed by atoms with Gasteiger partial charge in [0.1, 0.15) is 6.23 Å². The van der Waals surface area contributed by atoms with E-state index >= 15 is 0 Å². The zero-order valence-corrected chi connectivity index (χ0v) is 17.0. The maximum Gasteiger partial charge on any atom is 0.449 e. The number of amides is 4. The Labute approximate surface area is 174 Å². The number of hydroxylamine groups is 1. The molecule has 15 heteroatoms. The van der Waals surface area contributed by atoms with Gasteiger partial charge in [0.2, 0.25) is 17.7 Å². The van der Waals surface area contributed by atoms with Crippen LogP contribution in [0.25, 0.3) is 0 Å². The van der Waals surface area contributed by atoms with Gasteiger partial charge in [0.05, 0.1) is 0 Å². The number of aliphatic hydroxyl groups excluding tert-OH is 1. The fourth-order valence-electron chi connectivity index (χ4n) is 4.02. The highest BCUT2D eigenvalue weighted by Crippen LogP contribution is 2.26. The van der Waals surface area contributed by atoms with Gasteiger partial charge < -0.3 is 24.1 Å². The third kappa shape index (κ3) is 3.40. The molecule has 1 saturated heterocycles. The van der Waals surface area contributed by atoms with Crippen LogP contribution in [0.5, 0.6) is 0 Å². The average molecular weight is 414 g/mol. The van der Waals surface area contributed by atoms with E-state index in [9.17, 15) is 29.5 Å². The first-order chi connectivity index (χ1) is 14.1. The summed E-state index contributed by atoms with van der Waals surface area (Å²) in [4.78, 5) is 52.0. The summed E-state index contributed by atoms with van der Waals surface area (Å²) >= 11 is 0. The molecule has 0 aromatic rings. The summed E-state index contributed by atoms with van der Waals surface area (Å²) in [6.07, 6.45) is 6.06. The Morgan fingerprint density at radius 3 is 2.07 bits per heavy atom. The zero-order valence-electron chi connectivity index (χ0n) is 17.0. The first-order valence-corrected chi connectivity index (χ1v) is 9.16. The van der Waals surface area contributed by atoms with Crippen molar-refractivity contribution in [3.63, 3.8) is 0 Å². The first kappa shape index (κ1) is 22.0. The maximum atomic E-state index is 12.4. The summed E-state index contributed by atoms with van der Waals surface area (Å²) in [6.45, 7) is 1.61. The van der Waals surface area contributed by atoms with E-state index < -0.39 is 51.2 Å². The van der Waals surface area contributed by atoms with E-state index in [-0.39, 0.29) is 0 Å². The minimum Gasteiger partial charge on any atom is -0.371 e. The molecule has 1 fully saturated rings. The number of imide groups is 1. The molecule has 0 aliphatic carbocycles. The largest absolute Gasteiger partial charge is 0.449 e. The highest BCUT2D eigenvalue weighted by atomic mass is 16.5. The number of aliphatic hydroxyl groups is 1. The minimum absolute atomic E-state index is 0.436. The molecule has 3 heterocycles. The Hall–Kier alpha value is -2.71. The van der Waals surface area contributed by atoms with Gasteiger partial charge in [-0.2, -0.15) is 0 Å². The molecule has 4 amide bonds. The quantitative estimate of drug-likeness (QED) is 0.165. The molecule has 0 aromatic carbocycles. The van der Waals surface area contributed by atoms with Crippen LogP contribution in [0.1, 0.15) is 6.92 Å². The Morgan fingerprint density at radius 1 is 1.00 bits per heavy atom. The predicted molar refractivity (Wildman–Crippen MR) is 107 cm³/mol. The van der Waals surface area contributed by atoms with Crippen LogP contribution < -0.4 is 0 Å². The average Bonchev–Trinajstić information content (AvgIpc) is 3.18. The number of nitrogens with zero attached hydrogens (tertiary/aromatic N) is 6. The number of carbonyl (C=O) groups is 4. The van der Waals surface area contributed by atoms with Crippen molar-refractivity contribution in [2.75, 3.05) is 21.1 Å². The van der Waals surface area contributed by atoms with Crippen LogP contribution in [0.15, 0.2) is 36.5 Å². The maximum absolute atomic E-state index is 12.4. The van der Waals surface area contributed by atoms with E-state index in [0.717, 1.165) is 27.8 Å². The lowest BCUT2D eigenvalue weighted by Gasteiger charge is -2.53. The second-order valence-corrected chi connectivity index (χ2v) is 7.12. The van der Waals surface area contributed by atoms with Crippen molar-refractivity contribution in [3.8, 4) is 0 Å². The van der Waals surface area contributed by atoms with E-state index in [1.54, 1.807) is 14.0 Å². The van der Waals surface area contributed by atoms with Crippen molar-refractivity contribution in [2.24, 2.45) is 0 Å². The van der Waals surface area contributed by atoms with E-state index in [4.69, 9.17) is 0 Å². The molecular formula is C15H21B3N6O6. The fourth-order valence-corrected chi connectivity index (χ4v) is 4.02. The summed E-state index contributed by atoms with van der Waals surface area (Å²) in [5.74, 6) is -2.41. The van der Waals surface area contributed by atoms with Gasteiger partial charge in [-0.3, -0.25) is 29.2 Å². The molecule has 0 saturated carbocycles. The second-order valence-electron chi connectivity index (χ2n) is 7.12. The number of hydrogen-bond donors (Lipinski definition) is 2. The fraction of sp³-hybridized carbons (Fsp3) is 0.333. The summed E-state index contributed by atoms with van der Waals surface area (Å²) in [6, 6.07) is 0. The van der Waals surface area contributed by atoms with Crippen LogP contribution in [0, 0.1) is 0 Å². The van der Waals surface area contributed by atoms with Crippen molar-refractivity contribution < 1.29 is 29.5 Å². The summed E-state index contributed by atoms with van der Waals surface area (Å²) < 4.78 is 4.41. The van der Waals surface area contributed by atoms with Crippen LogP contribution >= 0.6 is 0 Å². The summed E-state index contributed by atoms with van der Waals surface area (Å²) in [5, 5.41) is 21.0. The standard InChI is InChI=1S/C15H21B3N6O6/c1-5-6-15(29)24(30)18-20(3)16(22-11(25)7-8-12(22)26)19(2)17(21(18)4)23-13(27)9-10-14(23)28/h5-11,25,30H,1-4H3/b6-5-. The van der Waals surface area contributed by atoms with Gasteiger partial charge in [-0.25, -0.2) is 4.97 Å². The number of hydrogen-bond acceptors (Lipinski definition) is 9. The first-order valence-electron chi connectivity index (χ1n) is 9.16. The van der Waals surface area contributed by atoms with Gasteiger partial charge in [0, 0.05) is 18.2 Å². The molecule has 3 aliphatic rings. The Bertz CT molecular complexity index is 850. The molecule has 3 rings (SSSR count). The molecule has 156 valence electrons. The SMILES string of the molecule is C/C=C\C(=O)N(O)B1N(C)B(N2C(=O)C=CC2=O)N(C)B(N2C(=O)C=CC2O)N1C. The van der Waals surface area contributed by atoms with Gasteiger partial charge in [0.15, 0.2) is 0 Å². The van der Waals surface area contributed by atoms with E-state index in [1.165, 1.54) is 46.5 Å². The summed E-state index contributed by atoms with van der Waals surface area (Å²) in [7, 11) is 1.36. The van der Waals surface area contributed by atoms with Crippen molar-refractivity contribution in [1.82, 2.24) is 28.8 Å². The topological polar surface area (TPSA) is 128 Å². The molecule has 1 unspecified atom stereocenters. The van der Waals surface area contributed by atoms with Crippen molar-refractivity contribution in [2.45, 2.75) is 13.2 Å². The molecule has 30 heavy (non-hydrogen) atoms. The van der Waals surface area contributed by atoms with Gasteiger partial charge in [-0.1, -0.05) is 6.08 Å². The van der Waals surface area contributed by atoms with Gasteiger partial charge >= 0.3 is 21.4 Å². The molecule has 12 nitrogen and oxygen atoms in total. The third-order valence-corrected chi connectivity index (χ3v) is 5.21. The van der Waals surface area contributed by atoms with Crippen LogP contribution in [-0.2, 0) is 19.2 Å². The molecular weight excluding hydrogens is 393 g/mol. The Balaban J connectivity index is 2.07. The van der Waals surface area contributed by atoms with Crippen LogP contribution in [-0.4, -0.2) is 111 Å². The van der Waals surface area contributed by atoms with Crippen LogP contribution in [0.4, 0.5) is 0 Å². The highest BCUT2D eigenvalue weighted by molar-refractivity contribution is 6.86. The molecule has 0 bridgehead atoms. The van der Waals surface area contributed by atoms with Crippen LogP contribution in [0.3, 0.4) is 0 Å². The predicted octanol–water partition coefficient (Wildman–Crippen LogP) is -2.81. The molecule has 1 atom stereocenters. The number of allylic oxidation sites excluding steroid dienone is 1. The molecule has 0 spiro atoms. The minimum atomic E-state index is -1.27. The molecule has 3 aliphatic heterocycles. The van der Waals surface area contributed by atoms with Gasteiger partial charge in [-0.05, 0) is 40.2 Å². The molecule has 0 aromatic heterocycles.